The first-order chi connectivity index (χ1) is 14.2. The van der Waals surface area contributed by atoms with Crippen LogP contribution in [0, 0.1) is 5.41 Å². The number of benzene rings is 1. The van der Waals surface area contributed by atoms with E-state index in [0.717, 1.165) is 5.56 Å². The maximum atomic E-state index is 13.1. The lowest BCUT2D eigenvalue weighted by Crippen LogP contribution is -2.57. The number of aliphatic hydroxyl groups is 1. The molecule has 174 valence electrons. The number of hydrogen-bond acceptors (Lipinski definition) is 6. The zero-order chi connectivity index (χ0) is 24.0. The van der Waals surface area contributed by atoms with Crippen LogP contribution in [-0.4, -0.2) is 71.3 Å². The quantitative estimate of drug-likeness (QED) is 0.630. The van der Waals surface area contributed by atoms with Crippen LogP contribution in [0.4, 0.5) is 4.79 Å². The number of aliphatic hydroxyl groups excluding tert-OH is 1. The average Bonchev–Trinajstić information content (AvgIpc) is 2.69. The molecule has 2 amide bonds. The molecule has 0 aliphatic heterocycles. The maximum Gasteiger partial charge on any atom is 0.410 e. The lowest BCUT2D eigenvalue weighted by atomic mass is 9.84. The van der Waals surface area contributed by atoms with Crippen LogP contribution in [0.2, 0.25) is 0 Å². The van der Waals surface area contributed by atoms with Crippen molar-refractivity contribution in [1.29, 1.82) is 0 Å². The summed E-state index contributed by atoms with van der Waals surface area (Å²) in [5, 5.41) is 9.86. The molecule has 31 heavy (non-hydrogen) atoms. The van der Waals surface area contributed by atoms with Crippen LogP contribution in [0.25, 0.3) is 0 Å². The standard InChI is InChI=1S/C23H36N2O6/c1-16(24(7)21(29)31-22(2,3)4)19(27)25(8)18(23(5,6)15-26)20(28)30-14-17-12-10-9-11-13-17/h9-13,16,18,26H,14-15H2,1-8H3/t16-,18-/m1/s1. The zero-order valence-electron chi connectivity index (χ0n) is 19.8. The second-order valence-corrected chi connectivity index (χ2v) is 9.36. The van der Waals surface area contributed by atoms with Crippen molar-refractivity contribution in [1.82, 2.24) is 9.80 Å². The van der Waals surface area contributed by atoms with E-state index >= 15 is 0 Å². The molecule has 0 radical (unpaired) electrons. The summed E-state index contributed by atoms with van der Waals surface area (Å²) in [4.78, 5) is 40.8. The van der Waals surface area contributed by atoms with Gasteiger partial charge >= 0.3 is 12.1 Å². The Morgan fingerprint density at radius 1 is 1.00 bits per heavy atom. The molecule has 0 bridgehead atoms. The molecule has 0 saturated heterocycles. The third-order valence-electron chi connectivity index (χ3n) is 4.95. The number of amides is 2. The molecule has 8 nitrogen and oxygen atoms in total. The Balaban J connectivity index is 3.00. The molecule has 8 heteroatoms. The van der Waals surface area contributed by atoms with Gasteiger partial charge in [-0.2, -0.15) is 0 Å². The molecule has 0 aliphatic carbocycles. The third kappa shape index (κ3) is 7.54. The largest absolute Gasteiger partial charge is 0.459 e. The molecule has 0 heterocycles. The molecule has 0 spiro atoms. The van der Waals surface area contributed by atoms with Crippen LogP contribution in [0.5, 0.6) is 0 Å². The second-order valence-electron chi connectivity index (χ2n) is 9.36. The van der Waals surface area contributed by atoms with Crippen molar-refractivity contribution in [2.45, 2.75) is 65.8 Å². The normalized spacial score (nSPS) is 13.7. The Hall–Kier alpha value is -2.61. The minimum Gasteiger partial charge on any atom is -0.459 e. The number of carbonyl (C=O) groups is 3. The van der Waals surface area contributed by atoms with Crippen LogP contribution in [0.1, 0.15) is 47.1 Å². The van der Waals surface area contributed by atoms with Gasteiger partial charge in [-0.25, -0.2) is 9.59 Å². The Labute approximate surface area is 185 Å². The van der Waals surface area contributed by atoms with Gasteiger partial charge in [0.05, 0.1) is 6.61 Å². The van der Waals surface area contributed by atoms with Gasteiger partial charge in [-0.05, 0) is 33.3 Å². The number of nitrogens with zero attached hydrogens (tertiary/aromatic N) is 2. The van der Waals surface area contributed by atoms with E-state index in [9.17, 15) is 19.5 Å². The van der Waals surface area contributed by atoms with Crippen LogP contribution in [0.15, 0.2) is 30.3 Å². The highest BCUT2D eigenvalue weighted by Gasteiger charge is 2.43. The van der Waals surface area contributed by atoms with E-state index in [2.05, 4.69) is 0 Å². The number of hydrogen-bond donors (Lipinski definition) is 1. The van der Waals surface area contributed by atoms with Gasteiger partial charge < -0.3 is 19.5 Å². The number of ether oxygens (including phenoxy) is 2. The van der Waals surface area contributed by atoms with Crippen LogP contribution < -0.4 is 0 Å². The van der Waals surface area contributed by atoms with Crippen LogP contribution >= 0.6 is 0 Å². The summed E-state index contributed by atoms with van der Waals surface area (Å²) in [6.07, 6.45) is -0.647. The second kappa shape index (κ2) is 10.6. The predicted octanol–water partition coefficient (Wildman–Crippen LogP) is 2.83. The summed E-state index contributed by atoms with van der Waals surface area (Å²) >= 11 is 0. The van der Waals surface area contributed by atoms with Gasteiger partial charge in [0, 0.05) is 19.5 Å². The fraction of sp³-hybridized carbons (Fsp3) is 0.609. The first kappa shape index (κ1) is 26.4. The van der Waals surface area contributed by atoms with E-state index in [0.29, 0.717) is 0 Å². The first-order valence-corrected chi connectivity index (χ1v) is 10.2. The van der Waals surface area contributed by atoms with Crippen molar-refractivity contribution in [3.8, 4) is 0 Å². The van der Waals surface area contributed by atoms with Crippen molar-refractivity contribution in [3.63, 3.8) is 0 Å². The monoisotopic (exact) mass is 436 g/mol. The third-order valence-corrected chi connectivity index (χ3v) is 4.95. The highest BCUT2D eigenvalue weighted by molar-refractivity contribution is 5.89. The lowest BCUT2D eigenvalue weighted by molar-refractivity contribution is -0.163. The summed E-state index contributed by atoms with van der Waals surface area (Å²) in [5.41, 5.74) is -0.867. The van der Waals surface area contributed by atoms with Crippen LogP contribution in [0.3, 0.4) is 0 Å². The molecule has 0 aliphatic rings. The van der Waals surface area contributed by atoms with E-state index in [4.69, 9.17) is 9.47 Å². The fourth-order valence-corrected chi connectivity index (χ4v) is 2.98. The van der Waals surface area contributed by atoms with Gasteiger partial charge in [-0.1, -0.05) is 44.2 Å². The Kier molecular flexibility index (Phi) is 9.05. The molecule has 1 aromatic rings. The van der Waals surface area contributed by atoms with Gasteiger partial charge in [0.15, 0.2) is 0 Å². The molecule has 2 atom stereocenters. The smallest absolute Gasteiger partial charge is 0.410 e. The minimum atomic E-state index is -1.05. The molecule has 1 aromatic carbocycles. The SMILES string of the molecule is C[C@H](C(=O)N(C)[C@H](C(=O)OCc1ccccc1)C(C)(C)CO)N(C)C(=O)OC(C)(C)C. The molecule has 1 N–H and O–H groups in total. The van der Waals surface area contributed by atoms with E-state index in [1.165, 1.54) is 23.9 Å². The molecular weight excluding hydrogens is 400 g/mol. The van der Waals surface area contributed by atoms with E-state index < -0.39 is 41.1 Å². The Morgan fingerprint density at radius 2 is 1.55 bits per heavy atom. The van der Waals surface area contributed by atoms with Crippen molar-refractivity contribution < 1.29 is 29.0 Å². The number of carbonyl (C=O) groups excluding carboxylic acids is 3. The predicted molar refractivity (Wildman–Crippen MR) is 117 cm³/mol. The molecule has 0 fully saturated rings. The average molecular weight is 437 g/mol. The van der Waals surface area contributed by atoms with Gasteiger partial charge in [0.25, 0.3) is 0 Å². The molecule has 0 aromatic heterocycles. The van der Waals surface area contributed by atoms with Crippen molar-refractivity contribution in [2.75, 3.05) is 20.7 Å². The summed E-state index contributed by atoms with van der Waals surface area (Å²) in [7, 11) is 2.93. The molecule has 0 saturated carbocycles. The summed E-state index contributed by atoms with van der Waals surface area (Å²) in [6.45, 7) is 9.82. The Bertz CT molecular complexity index is 757. The highest BCUT2D eigenvalue weighted by atomic mass is 16.6. The van der Waals surface area contributed by atoms with Gasteiger partial charge in [-0.15, -0.1) is 0 Å². The molecular formula is C23H36N2O6. The fourth-order valence-electron chi connectivity index (χ4n) is 2.98. The topological polar surface area (TPSA) is 96.4 Å². The van der Waals surface area contributed by atoms with Crippen molar-refractivity contribution >= 4 is 18.0 Å². The molecule has 1 rings (SSSR count). The number of rotatable bonds is 8. The Morgan fingerprint density at radius 3 is 2.03 bits per heavy atom. The first-order valence-electron chi connectivity index (χ1n) is 10.2. The van der Waals surface area contributed by atoms with Crippen LogP contribution in [-0.2, 0) is 25.7 Å². The van der Waals surface area contributed by atoms with E-state index in [-0.39, 0.29) is 13.2 Å². The maximum absolute atomic E-state index is 13.1. The van der Waals surface area contributed by atoms with Gasteiger partial charge in [0.2, 0.25) is 5.91 Å². The van der Waals surface area contributed by atoms with Gasteiger partial charge in [0.1, 0.15) is 24.3 Å². The summed E-state index contributed by atoms with van der Waals surface area (Å²) < 4.78 is 10.8. The highest BCUT2D eigenvalue weighted by Crippen LogP contribution is 2.27. The summed E-state index contributed by atoms with van der Waals surface area (Å²) in [6, 6.07) is 7.24. The number of likely N-dealkylation sites (N-methyl/N-ethyl adjacent to an activating group) is 2. The van der Waals surface area contributed by atoms with Gasteiger partial charge in [-0.3, -0.25) is 9.69 Å². The number of esters is 1. The summed E-state index contributed by atoms with van der Waals surface area (Å²) in [5.74, 6) is -1.11. The van der Waals surface area contributed by atoms with Crippen molar-refractivity contribution in [2.24, 2.45) is 5.41 Å². The van der Waals surface area contributed by atoms with E-state index in [1.54, 1.807) is 41.5 Å². The zero-order valence-corrected chi connectivity index (χ0v) is 19.8. The van der Waals surface area contributed by atoms with E-state index in [1.807, 2.05) is 30.3 Å². The van der Waals surface area contributed by atoms with Crippen molar-refractivity contribution in [3.05, 3.63) is 35.9 Å². The molecule has 0 unspecified atom stereocenters. The lowest BCUT2D eigenvalue weighted by Gasteiger charge is -2.39. The minimum absolute atomic E-state index is 0.0487.